The van der Waals surface area contributed by atoms with E-state index in [-0.39, 0.29) is 0 Å². The third-order valence-electron chi connectivity index (χ3n) is 4.04. The topological polar surface area (TPSA) is 67.5 Å². The summed E-state index contributed by atoms with van der Waals surface area (Å²) in [5.41, 5.74) is 8.97. The van der Waals surface area contributed by atoms with Crippen LogP contribution >= 0.6 is 0 Å². The number of nitrogens with two attached hydrogens (primary N) is 1. The van der Waals surface area contributed by atoms with Crippen molar-refractivity contribution in [3.63, 3.8) is 0 Å². The average molecular weight is 223 g/mol. The molecule has 0 unspecified atom stereocenters. The molecule has 0 aromatic carbocycles. The summed E-state index contributed by atoms with van der Waals surface area (Å²) in [7, 11) is 0. The van der Waals surface area contributed by atoms with Gasteiger partial charge in [0, 0.05) is 11.1 Å². The van der Waals surface area contributed by atoms with E-state index in [2.05, 4.69) is 10.5 Å². The van der Waals surface area contributed by atoms with E-state index in [0.29, 0.717) is 5.41 Å². The number of carbonyl (C=O) groups is 1. The molecule has 16 heavy (non-hydrogen) atoms. The monoisotopic (exact) mass is 223 g/mol. The fourth-order valence-corrected chi connectivity index (χ4v) is 3.23. The molecule has 4 heteroatoms. The lowest BCUT2D eigenvalue weighted by Gasteiger charge is -2.41. The lowest BCUT2D eigenvalue weighted by molar-refractivity contribution is 0.236. The molecule has 2 fully saturated rings. The van der Waals surface area contributed by atoms with Crippen LogP contribution < -0.4 is 11.2 Å². The first kappa shape index (κ1) is 11.4. The quantitative estimate of drug-likeness (QED) is 0.659. The maximum Gasteiger partial charge on any atom is 0.332 e. The normalized spacial score (nSPS) is 26.9. The summed E-state index contributed by atoms with van der Waals surface area (Å²) in [5.74, 6) is 0. The van der Waals surface area contributed by atoms with Crippen molar-refractivity contribution in [3.05, 3.63) is 0 Å². The van der Waals surface area contributed by atoms with Crippen LogP contribution in [-0.2, 0) is 0 Å². The molecule has 4 nitrogen and oxygen atoms in total. The van der Waals surface area contributed by atoms with Gasteiger partial charge in [0.25, 0.3) is 0 Å². The number of rotatable bonds is 1. The number of hydrogen-bond donors (Lipinski definition) is 2. The van der Waals surface area contributed by atoms with Crippen molar-refractivity contribution in [1.29, 1.82) is 0 Å². The highest BCUT2D eigenvalue weighted by Gasteiger charge is 2.38. The molecule has 0 bridgehead atoms. The number of hydrazone groups is 1. The molecule has 90 valence electrons. The van der Waals surface area contributed by atoms with Crippen LogP contribution in [-0.4, -0.2) is 11.7 Å². The van der Waals surface area contributed by atoms with Crippen molar-refractivity contribution in [3.8, 4) is 0 Å². The van der Waals surface area contributed by atoms with E-state index < -0.39 is 6.03 Å². The molecule has 2 amide bonds. The summed E-state index contributed by atoms with van der Waals surface area (Å²) in [5, 5.41) is 4.25. The molecular formula is C12H21N3O. The minimum Gasteiger partial charge on any atom is -0.350 e. The van der Waals surface area contributed by atoms with Gasteiger partial charge in [-0.2, -0.15) is 5.10 Å². The van der Waals surface area contributed by atoms with Crippen molar-refractivity contribution >= 4 is 11.7 Å². The van der Waals surface area contributed by atoms with Crippen molar-refractivity contribution in [2.24, 2.45) is 16.3 Å². The van der Waals surface area contributed by atoms with Gasteiger partial charge >= 0.3 is 6.03 Å². The molecule has 0 heterocycles. The summed E-state index contributed by atoms with van der Waals surface area (Å²) in [6.45, 7) is 0. The van der Waals surface area contributed by atoms with E-state index in [0.717, 1.165) is 6.42 Å². The van der Waals surface area contributed by atoms with E-state index >= 15 is 0 Å². The molecule has 0 aromatic heterocycles. The number of hydrogen-bond acceptors (Lipinski definition) is 2. The van der Waals surface area contributed by atoms with Crippen LogP contribution in [0.3, 0.4) is 0 Å². The minimum atomic E-state index is -0.552. The van der Waals surface area contributed by atoms with Crippen molar-refractivity contribution in [2.45, 2.75) is 57.8 Å². The molecule has 1 spiro atoms. The number of amides is 2. The molecule has 2 saturated carbocycles. The second-order valence-electron chi connectivity index (χ2n) is 5.08. The van der Waals surface area contributed by atoms with E-state index in [9.17, 15) is 4.79 Å². The standard InChI is InChI=1S/C12H21N3O/c13-11(16)15-14-10-6-2-5-9-12(10)7-3-1-4-8-12/h1-9H2,(H3,13,15,16)/b14-10+. The first-order valence-corrected chi connectivity index (χ1v) is 6.35. The predicted octanol–water partition coefficient (Wildman–Crippen LogP) is 2.54. The number of nitrogens with zero attached hydrogens (tertiary/aromatic N) is 1. The first-order chi connectivity index (χ1) is 7.73. The van der Waals surface area contributed by atoms with Crippen molar-refractivity contribution in [2.75, 3.05) is 0 Å². The van der Waals surface area contributed by atoms with Crippen LogP contribution in [0.15, 0.2) is 5.10 Å². The Bertz CT molecular complexity index is 284. The zero-order chi connectivity index (χ0) is 11.4. The lowest BCUT2D eigenvalue weighted by atomic mass is 9.64. The number of carbonyl (C=O) groups excluding carboxylic acids is 1. The van der Waals surface area contributed by atoms with Crippen LogP contribution in [0.4, 0.5) is 4.79 Å². The number of primary amides is 1. The van der Waals surface area contributed by atoms with Gasteiger partial charge in [-0.25, -0.2) is 10.2 Å². The Morgan fingerprint density at radius 1 is 1.12 bits per heavy atom. The highest BCUT2D eigenvalue weighted by molar-refractivity contribution is 5.91. The zero-order valence-corrected chi connectivity index (χ0v) is 9.80. The van der Waals surface area contributed by atoms with Gasteiger partial charge in [-0.3, -0.25) is 0 Å². The molecule has 0 aromatic rings. The third-order valence-corrected chi connectivity index (χ3v) is 4.04. The molecule has 0 aliphatic heterocycles. The molecular weight excluding hydrogens is 202 g/mol. The molecule has 0 saturated heterocycles. The Balaban J connectivity index is 2.12. The second-order valence-corrected chi connectivity index (χ2v) is 5.08. The summed E-state index contributed by atoms with van der Waals surface area (Å²) in [6.07, 6.45) is 11.2. The Morgan fingerprint density at radius 3 is 2.38 bits per heavy atom. The van der Waals surface area contributed by atoms with Crippen LogP contribution in [0.25, 0.3) is 0 Å². The minimum absolute atomic E-state index is 0.291. The first-order valence-electron chi connectivity index (χ1n) is 6.35. The maximum atomic E-state index is 10.7. The Labute approximate surface area is 96.7 Å². The number of nitrogens with one attached hydrogen (secondary N) is 1. The molecule has 0 radical (unpaired) electrons. The van der Waals surface area contributed by atoms with Gasteiger partial charge in [-0.1, -0.05) is 25.7 Å². The van der Waals surface area contributed by atoms with Gasteiger partial charge in [0.1, 0.15) is 0 Å². The van der Waals surface area contributed by atoms with Crippen LogP contribution in [0, 0.1) is 5.41 Å². The van der Waals surface area contributed by atoms with Crippen LogP contribution in [0.1, 0.15) is 57.8 Å². The Morgan fingerprint density at radius 2 is 1.75 bits per heavy atom. The molecule has 2 aliphatic rings. The van der Waals surface area contributed by atoms with Gasteiger partial charge in [0.05, 0.1) is 0 Å². The molecule has 2 rings (SSSR count). The van der Waals surface area contributed by atoms with Gasteiger partial charge in [-0.15, -0.1) is 0 Å². The Hall–Kier alpha value is -1.06. The second kappa shape index (κ2) is 4.85. The van der Waals surface area contributed by atoms with E-state index in [4.69, 9.17) is 5.73 Å². The molecule has 2 aliphatic carbocycles. The van der Waals surface area contributed by atoms with Gasteiger partial charge in [-0.05, 0) is 32.1 Å². The summed E-state index contributed by atoms with van der Waals surface area (Å²) in [6, 6.07) is -0.552. The SMILES string of the molecule is NC(=O)N/N=C1\CCCCC12CCCCC2. The highest BCUT2D eigenvalue weighted by atomic mass is 16.2. The summed E-state index contributed by atoms with van der Waals surface area (Å²) in [4.78, 5) is 10.7. The largest absolute Gasteiger partial charge is 0.350 e. The Kier molecular flexibility index (Phi) is 3.46. The fourth-order valence-electron chi connectivity index (χ4n) is 3.23. The van der Waals surface area contributed by atoms with Crippen LogP contribution in [0.2, 0.25) is 0 Å². The average Bonchev–Trinajstić information content (AvgIpc) is 2.29. The lowest BCUT2D eigenvalue weighted by Crippen LogP contribution is -2.38. The summed E-state index contributed by atoms with van der Waals surface area (Å²) < 4.78 is 0. The van der Waals surface area contributed by atoms with Crippen molar-refractivity contribution < 1.29 is 4.79 Å². The fraction of sp³-hybridized carbons (Fsp3) is 0.833. The van der Waals surface area contributed by atoms with E-state index in [1.165, 1.54) is 57.1 Å². The highest BCUT2D eigenvalue weighted by Crippen LogP contribution is 2.45. The third kappa shape index (κ3) is 2.36. The summed E-state index contributed by atoms with van der Waals surface area (Å²) >= 11 is 0. The van der Waals surface area contributed by atoms with E-state index in [1.807, 2.05) is 0 Å². The smallest absolute Gasteiger partial charge is 0.332 e. The van der Waals surface area contributed by atoms with Gasteiger partial charge < -0.3 is 5.73 Å². The van der Waals surface area contributed by atoms with Gasteiger partial charge in [0.2, 0.25) is 0 Å². The van der Waals surface area contributed by atoms with Crippen LogP contribution in [0.5, 0.6) is 0 Å². The number of urea groups is 1. The van der Waals surface area contributed by atoms with Gasteiger partial charge in [0.15, 0.2) is 0 Å². The zero-order valence-electron chi connectivity index (χ0n) is 9.80. The molecule has 3 N–H and O–H groups in total. The van der Waals surface area contributed by atoms with Crippen molar-refractivity contribution in [1.82, 2.24) is 5.43 Å². The van der Waals surface area contributed by atoms with E-state index in [1.54, 1.807) is 0 Å². The maximum absolute atomic E-state index is 10.7. The molecule has 0 atom stereocenters. The predicted molar refractivity (Wildman–Crippen MR) is 64.1 cm³/mol.